The van der Waals surface area contributed by atoms with Crippen molar-refractivity contribution in [3.8, 4) is 0 Å². The number of nitrogens with zero attached hydrogens (tertiary/aromatic N) is 1. The fourth-order valence-electron chi connectivity index (χ4n) is 1.33. The van der Waals surface area contributed by atoms with E-state index in [1.807, 2.05) is 18.7 Å². The van der Waals surface area contributed by atoms with Crippen LogP contribution in [0.2, 0.25) is 0 Å². The highest BCUT2D eigenvalue weighted by Crippen LogP contribution is 2.01. The van der Waals surface area contributed by atoms with Gasteiger partial charge in [-0.1, -0.05) is 0 Å². The molecule has 2 amide bonds. The van der Waals surface area contributed by atoms with Crippen LogP contribution in [-0.4, -0.2) is 46.9 Å². The molecular weight excluding hydrogens is 238 g/mol. The number of carbonyl (C=O) groups excluding carboxylic acids is 2. The van der Waals surface area contributed by atoms with Gasteiger partial charge in [0, 0.05) is 19.4 Å². The topological polar surface area (TPSA) is 98.7 Å². The van der Waals surface area contributed by atoms with Crippen molar-refractivity contribution < 1.29 is 19.5 Å². The zero-order chi connectivity index (χ0) is 14.1. The zero-order valence-electron chi connectivity index (χ0n) is 11.0. The van der Waals surface area contributed by atoms with Gasteiger partial charge in [-0.05, 0) is 26.8 Å². The highest BCUT2D eigenvalue weighted by Gasteiger charge is 2.14. The molecule has 0 unspecified atom stereocenters. The van der Waals surface area contributed by atoms with Crippen LogP contribution in [0.25, 0.3) is 0 Å². The number of hydrogen-bond acceptors (Lipinski definition) is 4. The Labute approximate surface area is 106 Å². The second-order valence-electron chi connectivity index (χ2n) is 4.29. The van der Waals surface area contributed by atoms with Crippen molar-refractivity contribution in [1.82, 2.24) is 15.8 Å². The highest BCUT2D eigenvalue weighted by atomic mass is 16.4. The number of amides is 2. The zero-order valence-corrected chi connectivity index (χ0v) is 11.0. The summed E-state index contributed by atoms with van der Waals surface area (Å²) in [7, 11) is 0. The van der Waals surface area contributed by atoms with Gasteiger partial charge in [0.15, 0.2) is 0 Å². The third-order valence-corrected chi connectivity index (χ3v) is 2.29. The molecule has 0 atom stereocenters. The van der Waals surface area contributed by atoms with Crippen molar-refractivity contribution in [3.63, 3.8) is 0 Å². The fraction of sp³-hybridized carbons (Fsp3) is 0.727. The second-order valence-corrected chi connectivity index (χ2v) is 4.29. The van der Waals surface area contributed by atoms with E-state index in [1.165, 1.54) is 6.92 Å². The summed E-state index contributed by atoms with van der Waals surface area (Å²) in [5.41, 5.74) is 4.47. The summed E-state index contributed by atoms with van der Waals surface area (Å²) in [4.78, 5) is 34.3. The van der Waals surface area contributed by atoms with Crippen LogP contribution in [0.3, 0.4) is 0 Å². The first-order valence-corrected chi connectivity index (χ1v) is 5.84. The summed E-state index contributed by atoms with van der Waals surface area (Å²) in [6.45, 7) is 5.79. The van der Waals surface area contributed by atoms with Gasteiger partial charge in [0.25, 0.3) is 5.91 Å². The summed E-state index contributed by atoms with van der Waals surface area (Å²) < 4.78 is 0. The molecule has 0 aromatic heterocycles. The maximum absolute atomic E-state index is 11.5. The summed E-state index contributed by atoms with van der Waals surface area (Å²) >= 11 is 0. The molecule has 0 fully saturated rings. The smallest absolute Gasteiger partial charge is 0.303 e. The van der Waals surface area contributed by atoms with Gasteiger partial charge in [-0.15, -0.1) is 0 Å². The number of rotatable bonds is 7. The molecule has 0 aromatic rings. The number of hydrazine groups is 1. The number of aliphatic carboxylic acids is 1. The lowest BCUT2D eigenvalue weighted by molar-refractivity contribution is -0.137. The van der Waals surface area contributed by atoms with Crippen LogP contribution < -0.4 is 10.9 Å². The Morgan fingerprint density at radius 2 is 1.83 bits per heavy atom. The van der Waals surface area contributed by atoms with Crippen molar-refractivity contribution >= 4 is 17.8 Å². The van der Waals surface area contributed by atoms with E-state index in [0.717, 1.165) is 0 Å². The van der Waals surface area contributed by atoms with E-state index in [2.05, 4.69) is 10.9 Å². The van der Waals surface area contributed by atoms with Gasteiger partial charge >= 0.3 is 5.97 Å². The summed E-state index contributed by atoms with van der Waals surface area (Å²) in [5.74, 6) is -1.51. The normalized spacial score (nSPS) is 10.5. The highest BCUT2D eigenvalue weighted by molar-refractivity contribution is 5.81. The van der Waals surface area contributed by atoms with Crippen molar-refractivity contribution in [3.05, 3.63) is 0 Å². The molecule has 0 bridgehead atoms. The molecule has 18 heavy (non-hydrogen) atoms. The van der Waals surface area contributed by atoms with E-state index in [4.69, 9.17) is 5.11 Å². The average molecular weight is 259 g/mol. The molecule has 7 heteroatoms. The molecule has 0 spiro atoms. The van der Waals surface area contributed by atoms with Gasteiger partial charge in [0.2, 0.25) is 5.91 Å². The number of hydrogen-bond donors (Lipinski definition) is 3. The monoisotopic (exact) mass is 259 g/mol. The van der Waals surface area contributed by atoms with Gasteiger partial charge in [0.05, 0.1) is 6.54 Å². The molecule has 0 saturated heterocycles. The molecule has 0 aliphatic rings. The molecule has 0 aromatic carbocycles. The molecule has 0 rings (SSSR count). The van der Waals surface area contributed by atoms with E-state index in [1.54, 1.807) is 0 Å². The Morgan fingerprint density at radius 3 is 2.28 bits per heavy atom. The van der Waals surface area contributed by atoms with Crippen LogP contribution in [-0.2, 0) is 14.4 Å². The maximum atomic E-state index is 11.5. The lowest BCUT2D eigenvalue weighted by Gasteiger charge is -2.25. The Hall–Kier alpha value is -1.63. The number of carboxylic acid groups (broad SMARTS) is 1. The van der Waals surface area contributed by atoms with E-state index in [-0.39, 0.29) is 30.8 Å². The number of carboxylic acids is 1. The van der Waals surface area contributed by atoms with Gasteiger partial charge in [0.1, 0.15) is 0 Å². The van der Waals surface area contributed by atoms with Crippen molar-refractivity contribution in [2.24, 2.45) is 0 Å². The number of carbonyl (C=O) groups is 3. The van der Waals surface area contributed by atoms with E-state index < -0.39 is 5.97 Å². The lowest BCUT2D eigenvalue weighted by Crippen LogP contribution is -2.47. The van der Waals surface area contributed by atoms with Crippen molar-refractivity contribution in [2.45, 2.75) is 39.7 Å². The minimum absolute atomic E-state index is 0.0799. The van der Waals surface area contributed by atoms with Crippen LogP contribution in [0.1, 0.15) is 33.6 Å². The average Bonchev–Trinajstić information content (AvgIpc) is 2.24. The van der Waals surface area contributed by atoms with E-state index in [0.29, 0.717) is 13.0 Å². The molecule has 0 aliphatic carbocycles. The van der Waals surface area contributed by atoms with Crippen LogP contribution in [0.15, 0.2) is 0 Å². The van der Waals surface area contributed by atoms with Crippen LogP contribution in [0, 0.1) is 0 Å². The lowest BCUT2D eigenvalue weighted by atomic mass is 10.2. The van der Waals surface area contributed by atoms with Gasteiger partial charge < -0.3 is 5.11 Å². The third kappa shape index (κ3) is 8.51. The van der Waals surface area contributed by atoms with E-state index >= 15 is 0 Å². The molecule has 0 heterocycles. The van der Waals surface area contributed by atoms with Gasteiger partial charge in [-0.3, -0.25) is 30.1 Å². The Balaban J connectivity index is 4.06. The second kappa shape index (κ2) is 8.46. The SMILES string of the molecule is CC(=O)NNC(=O)CN(CCCC(=O)O)C(C)C. The van der Waals surface area contributed by atoms with Gasteiger partial charge in [-0.2, -0.15) is 0 Å². The Morgan fingerprint density at radius 1 is 1.22 bits per heavy atom. The molecule has 3 N–H and O–H groups in total. The van der Waals surface area contributed by atoms with Gasteiger partial charge in [-0.25, -0.2) is 0 Å². The molecule has 0 saturated carbocycles. The minimum atomic E-state index is -0.846. The first kappa shape index (κ1) is 16.4. The molecular formula is C11H21N3O4. The molecule has 104 valence electrons. The maximum Gasteiger partial charge on any atom is 0.303 e. The Bertz CT molecular complexity index is 305. The standard InChI is InChI=1S/C11H21N3O4/c1-8(2)14(6-4-5-11(17)18)7-10(16)13-12-9(3)15/h8H,4-7H2,1-3H3,(H,12,15)(H,13,16)(H,17,18). The van der Waals surface area contributed by atoms with Crippen LogP contribution in [0.5, 0.6) is 0 Å². The van der Waals surface area contributed by atoms with Crippen molar-refractivity contribution in [2.75, 3.05) is 13.1 Å². The predicted octanol–water partition coefficient (Wildman–Crippen LogP) is -0.271. The largest absolute Gasteiger partial charge is 0.481 e. The van der Waals surface area contributed by atoms with Crippen LogP contribution >= 0.6 is 0 Å². The summed E-state index contributed by atoms with van der Waals surface area (Å²) in [5, 5.41) is 8.55. The quantitative estimate of drug-likeness (QED) is 0.547. The third-order valence-electron chi connectivity index (χ3n) is 2.29. The minimum Gasteiger partial charge on any atom is -0.481 e. The summed E-state index contributed by atoms with van der Waals surface area (Å²) in [6, 6.07) is 0.127. The fourth-order valence-corrected chi connectivity index (χ4v) is 1.33. The number of nitrogens with one attached hydrogen (secondary N) is 2. The molecule has 0 radical (unpaired) electrons. The molecule has 0 aliphatic heterocycles. The van der Waals surface area contributed by atoms with Crippen LogP contribution in [0.4, 0.5) is 0 Å². The Kier molecular flexibility index (Phi) is 7.69. The predicted molar refractivity (Wildman–Crippen MR) is 65.5 cm³/mol. The van der Waals surface area contributed by atoms with E-state index in [9.17, 15) is 14.4 Å². The molecule has 7 nitrogen and oxygen atoms in total. The first-order valence-electron chi connectivity index (χ1n) is 5.84. The summed E-state index contributed by atoms with van der Waals surface area (Å²) in [6.07, 6.45) is 0.567. The van der Waals surface area contributed by atoms with Crippen molar-refractivity contribution in [1.29, 1.82) is 0 Å². The first-order chi connectivity index (χ1) is 8.32.